The molecule has 0 spiro atoms. The van der Waals surface area contributed by atoms with Crippen LogP contribution in [0, 0.1) is 0 Å². The second kappa shape index (κ2) is 14.9. The van der Waals surface area contributed by atoms with Crippen LogP contribution < -0.4 is 4.90 Å². The highest BCUT2D eigenvalue weighted by atomic mass is 15.1. The van der Waals surface area contributed by atoms with Crippen LogP contribution in [0.1, 0.15) is 31.8 Å². The van der Waals surface area contributed by atoms with Gasteiger partial charge in [0.25, 0.3) is 0 Å². The van der Waals surface area contributed by atoms with Gasteiger partial charge in [0, 0.05) is 17.1 Å². The van der Waals surface area contributed by atoms with Crippen LogP contribution in [0.2, 0.25) is 0 Å². The first kappa shape index (κ1) is 28.6. The van der Waals surface area contributed by atoms with E-state index in [9.17, 15) is 0 Å². The van der Waals surface area contributed by atoms with Crippen LogP contribution in [-0.4, -0.2) is 0 Å². The highest BCUT2D eigenvalue weighted by Crippen LogP contribution is 2.56. The first-order valence-corrected chi connectivity index (χ1v) is 20.2. The first-order valence-electron chi connectivity index (χ1n) is 23.7. The molecule has 0 aliphatic heterocycles. The van der Waals surface area contributed by atoms with Crippen molar-refractivity contribution in [3.05, 3.63) is 271 Å². The third kappa shape index (κ3) is 5.94. The lowest BCUT2D eigenvalue weighted by Crippen LogP contribution is -2.28. The minimum Gasteiger partial charge on any atom is -0.311 e. The van der Waals surface area contributed by atoms with Crippen molar-refractivity contribution < 1.29 is 9.60 Å². The van der Waals surface area contributed by atoms with Crippen LogP contribution in [0.15, 0.2) is 249 Å². The Balaban J connectivity index is 1.02. The molecule has 1 aliphatic rings. The summed E-state index contributed by atoms with van der Waals surface area (Å²) in [4.78, 5) is 2.16. The average Bonchev–Trinajstić information content (AvgIpc) is 3.69. The van der Waals surface area contributed by atoms with Crippen LogP contribution in [0.3, 0.4) is 0 Å². The lowest BCUT2D eigenvalue weighted by molar-refractivity contribution is 0.769. The number of hydrogen-bond acceptors (Lipinski definition) is 1. The molecule has 11 rings (SSSR count). The Morgan fingerprint density at radius 1 is 0.333 bits per heavy atom. The molecule has 60 heavy (non-hydrogen) atoms. The molecule has 10 aromatic rings. The first-order chi connectivity index (χ1) is 32.7. The van der Waals surface area contributed by atoms with Crippen molar-refractivity contribution >= 4 is 27.8 Å². The van der Waals surface area contributed by atoms with Gasteiger partial charge in [-0.2, -0.15) is 0 Å². The number of fused-ring (bicyclic) bond motifs is 4. The molecule has 1 nitrogen and oxygen atoms in total. The molecule has 0 saturated heterocycles. The molecular weight excluding hydrogens is 723 g/mol. The Morgan fingerprint density at radius 2 is 0.800 bits per heavy atom. The minimum atomic E-state index is -0.516. The monoisotopic (exact) mass is 770 g/mol. The van der Waals surface area contributed by atoms with E-state index in [2.05, 4.69) is 169 Å². The molecule has 0 amide bonds. The summed E-state index contributed by atoms with van der Waals surface area (Å²) in [6.07, 6.45) is 0. The fourth-order valence-corrected chi connectivity index (χ4v) is 9.13. The quantitative estimate of drug-likeness (QED) is 0.149. The largest absolute Gasteiger partial charge is 0.311 e. The van der Waals surface area contributed by atoms with Crippen molar-refractivity contribution in [2.45, 2.75) is 5.41 Å². The van der Waals surface area contributed by atoms with E-state index in [1.165, 1.54) is 33.4 Å². The summed E-state index contributed by atoms with van der Waals surface area (Å²) in [5.74, 6) is 0. The maximum atomic E-state index is 8.95. The van der Waals surface area contributed by atoms with E-state index in [1.807, 2.05) is 42.5 Å². The van der Waals surface area contributed by atoms with Gasteiger partial charge in [0.15, 0.2) is 0 Å². The maximum absolute atomic E-state index is 8.95. The molecule has 0 N–H and O–H groups in total. The third-order valence-electron chi connectivity index (χ3n) is 11.9. The van der Waals surface area contributed by atoms with E-state index < -0.39 is 35.6 Å². The normalized spacial score (nSPS) is 14.1. The molecule has 1 heteroatoms. The van der Waals surface area contributed by atoms with Gasteiger partial charge in [-0.25, -0.2) is 0 Å². The van der Waals surface area contributed by atoms with E-state index in [0.717, 1.165) is 39.3 Å². The Morgan fingerprint density at radius 3 is 1.43 bits per heavy atom. The van der Waals surface area contributed by atoms with Crippen molar-refractivity contribution in [3.63, 3.8) is 0 Å². The van der Waals surface area contributed by atoms with E-state index in [4.69, 9.17) is 9.60 Å². The Kier molecular flexibility index (Phi) is 7.10. The molecule has 0 radical (unpaired) electrons. The topological polar surface area (TPSA) is 3.24 Å². The van der Waals surface area contributed by atoms with Crippen LogP contribution >= 0.6 is 0 Å². The van der Waals surface area contributed by atoms with Crippen LogP contribution in [-0.2, 0) is 5.41 Å². The van der Waals surface area contributed by atoms with E-state index in [-0.39, 0.29) is 28.4 Å². The van der Waals surface area contributed by atoms with Crippen LogP contribution in [0.4, 0.5) is 17.1 Å². The zero-order valence-corrected chi connectivity index (χ0v) is 32.6. The third-order valence-corrected chi connectivity index (χ3v) is 11.9. The summed E-state index contributed by atoms with van der Waals surface area (Å²) in [7, 11) is 0. The fourth-order valence-electron chi connectivity index (χ4n) is 9.13. The highest BCUT2D eigenvalue weighted by Gasteiger charge is 2.45. The van der Waals surface area contributed by atoms with E-state index >= 15 is 0 Å². The van der Waals surface area contributed by atoms with Gasteiger partial charge in [-0.3, -0.25) is 0 Å². The lowest BCUT2D eigenvalue weighted by atomic mass is 9.67. The van der Waals surface area contributed by atoms with Gasteiger partial charge in [0.1, 0.15) is 0 Å². The van der Waals surface area contributed by atoms with Crippen LogP contribution in [0.25, 0.3) is 55.3 Å². The molecule has 0 saturated carbocycles. The van der Waals surface area contributed by atoms with Crippen molar-refractivity contribution in [2.24, 2.45) is 0 Å². The summed E-state index contributed by atoms with van der Waals surface area (Å²) in [6, 6.07) is 69.2. The minimum absolute atomic E-state index is 0.0637. The highest BCUT2D eigenvalue weighted by molar-refractivity contribution is 5.97. The number of hydrogen-bond donors (Lipinski definition) is 0. The molecule has 10 aromatic carbocycles. The second-order valence-corrected chi connectivity index (χ2v) is 15.1. The predicted molar refractivity (Wildman–Crippen MR) is 252 cm³/mol. The standard InChI is InChI=1S/C59H41N/c1-3-15-42(16-4-1)43-29-35-50(36-30-43)60(52-39-33-46(34-40-52)54-26-14-18-45-17-7-8-23-53(45)54)51-37-31-44(32-38-51)47-19-13-22-49(41-47)59(48-20-5-2-6-21-48)57-27-11-9-24-55(57)56-25-10-12-28-58(56)59/h1-41H/i7D,8D,14D,17D,18D,23D,26D. The molecule has 0 aromatic heterocycles. The molecule has 1 aliphatic carbocycles. The number of anilines is 3. The summed E-state index contributed by atoms with van der Waals surface area (Å²) < 4.78 is 60.3. The van der Waals surface area contributed by atoms with Crippen LogP contribution in [0.5, 0.6) is 0 Å². The molecule has 0 unspecified atom stereocenters. The summed E-state index contributed by atoms with van der Waals surface area (Å²) in [5, 5.41) is -0.00116. The Labute approximate surface area is 362 Å². The molecule has 0 heterocycles. The number of nitrogens with zero attached hydrogens (tertiary/aromatic N) is 1. The second-order valence-electron chi connectivity index (χ2n) is 15.1. The Hall–Kier alpha value is -7.74. The van der Waals surface area contributed by atoms with Crippen molar-refractivity contribution in [2.75, 3.05) is 4.90 Å². The molecule has 282 valence electrons. The van der Waals surface area contributed by atoms with Crippen molar-refractivity contribution in [1.29, 1.82) is 0 Å². The van der Waals surface area contributed by atoms with E-state index in [1.54, 1.807) is 0 Å². The fraction of sp³-hybridized carbons (Fsp3) is 0.0169. The molecule has 0 bridgehead atoms. The number of rotatable bonds is 8. The molecule has 0 fully saturated rings. The SMILES string of the molecule is [2H]c1c([2H])c([2H])c2c(-c3ccc(N(c4ccc(-c5ccccc5)cc4)c4ccc(-c5cccc(C6(c7ccccc7)c7ccccc7-c7ccccc76)c5)cc4)cc3)c([2H])c([2H])c([2H])c2c1[2H]. The Bertz CT molecular complexity index is 3470. The van der Waals surface area contributed by atoms with Gasteiger partial charge in [0.2, 0.25) is 0 Å². The molecular formula is C59H41N. The van der Waals surface area contributed by atoms with Gasteiger partial charge in [-0.05, 0) is 120 Å². The zero-order valence-electron chi connectivity index (χ0n) is 39.6. The van der Waals surface area contributed by atoms with Crippen molar-refractivity contribution in [1.82, 2.24) is 0 Å². The van der Waals surface area contributed by atoms with Gasteiger partial charge in [0.05, 0.1) is 15.0 Å². The summed E-state index contributed by atoms with van der Waals surface area (Å²) in [5.41, 5.74) is 14.6. The zero-order chi connectivity index (χ0) is 46.0. The van der Waals surface area contributed by atoms with Gasteiger partial charge in [-0.15, -0.1) is 0 Å². The summed E-state index contributed by atoms with van der Waals surface area (Å²) >= 11 is 0. The molecule has 0 atom stereocenters. The van der Waals surface area contributed by atoms with Crippen molar-refractivity contribution in [3.8, 4) is 44.5 Å². The average molecular weight is 771 g/mol. The maximum Gasteiger partial charge on any atom is 0.0713 e. The van der Waals surface area contributed by atoms with Gasteiger partial charge >= 0.3 is 0 Å². The smallest absolute Gasteiger partial charge is 0.0713 e. The van der Waals surface area contributed by atoms with Gasteiger partial charge in [-0.1, -0.05) is 206 Å². The predicted octanol–water partition coefficient (Wildman–Crippen LogP) is 15.7. The number of benzene rings is 10. The van der Waals surface area contributed by atoms with Gasteiger partial charge < -0.3 is 4.90 Å². The lowest BCUT2D eigenvalue weighted by Gasteiger charge is -2.34. The summed E-state index contributed by atoms with van der Waals surface area (Å²) in [6.45, 7) is 0. The van der Waals surface area contributed by atoms with E-state index in [0.29, 0.717) is 5.56 Å².